The lowest BCUT2D eigenvalue weighted by molar-refractivity contribution is 0.103. The number of nitrogens with two attached hydrogens (primary N) is 1. The van der Waals surface area contributed by atoms with Crippen molar-refractivity contribution in [3.8, 4) is 17.2 Å². The summed E-state index contributed by atoms with van der Waals surface area (Å²) in [7, 11) is 5.41. The zero-order chi connectivity index (χ0) is 20.3. The fraction of sp³-hybridized carbons (Fsp3) is 0.318. The maximum absolute atomic E-state index is 13.1. The number of allylic oxidation sites excluding steroid dienone is 1. The van der Waals surface area contributed by atoms with Crippen molar-refractivity contribution in [2.75, 3.05) is 45.1 Å². The predicted molar refractivity (Wildman–Crippen MR) is 112 cm³/mol. The summed E-state index contributed by atoms with van der Waals surface area (Å²) in [6, 6.07) is 9.10. The number of carbonyl (C=O) groups is 1. The molecule has 0 aliphatic carbocycles. The summed E-state index contributed by atoms with van der Waals surface area (Å²) in [4.78, 5) is 15.0. The van der Waals surface area contributed by atoms with Crippen LogP contribution in [0.3, 0.4) is 0 Å². The average molecular weight is 382 g/mol. The van der Waals surface area contributed by atoms with Crippen molar-refractivity contribution in [3.63, 3.8) is 0 Å². The standard InChI is InChI=1S/C22H26N2O4/c1-5-14(20(25)15-6-8-18(24(2)3)17(23)13-15)12-16-7-9-19-22(21(16)26-4)28-11-10-27-19/h6-9,12-13H,5,10-11,23H2,1-4H3/b14-12+. The van der Waals surface area contributed by atoms with Crippen LogP contribution < -0.4 is 24.8 Å². The summed E-state index contributed by atoms with van der Waals surface area (Å²) in [5.74, 6) is 1.73. The minimum absolute atomic E-state index is 0.0588. The van der Waals surface area contributed by atoms with Gasteiger partial charge in [-0.15, -0.1) is 0 Å². The van der Waals surface area contributed by atoms with Crippen LogP contribution in [0.5, 0.6) is 17.2 Å². The lowest BCUT2D eigenvalue weighted by Gasteiger charge is -2.21. The molecule has 6 nitrogen and oxygen atoms in total. The Morgan fingerprint density at radius 2 is 1.96 bits per heavy atom. The van der Waals surface area contributed by atoms with E-state index in [4.69, 9.17) is 19.9 Å². The van der Waals surface area contributed by atoms with Crippen LogP contribution >= 0.6 is 0 Å². The quantitative estimate of drug-likeness (QED) is 0.465. The van der Waals surface area contributed by atoms with Gasteiger partial charge in [-0.05, 0) is 42.8 Å². The highest BCUT2D eigenvalue weighted by Gasteiger charge is 2.21. The van der Waals surface area contributed by atoms with Gasteiger partial charge in [-0.3, -0.25) is 4.79 Å². The van der Waals surface area contributed by atoms with Crippen molar-refractivity contribution in [2.45, 2.75) is 13.3 Å². The Morgan fingerprint density at radius 1 is 1.21 bits per heavy atom. The van der Waals surface area contributed by atoms with Crippen LogP contribution in [0.1, 0.15) is 29.3 Å². The van der Waals surface area contributed by atoms with Crippen molar-refractivity contribution in [2.24, 2.45) is 0 Å². The molecule has 0 atom stereocenters. The Kier molecular flexibility index (Phi) is 5.78. The number of nitrogens with zero attached hydrogens (tertiary/aromatic N) is 1. The summed E-state index contributed by atoms with van der Waals surface area (Å²) >= 11 is 0. The zero-order valence-electron chi connectivity index (χ0n) is 16.7. The van der Waals surface area contributed by atoms with Crippen LogP contribution in [-0.2, 0) is 0 Å². The number of anilines is 2. The van der Waals surface area contributed by atoms with Crippen molar-refractivity contribution in [1.82, 2.24) is 0 Å². The first kappa shape index (κ1) is 19.6. The minimum atomic E-state index is -0.0588. The molecule has 6 heteroatoms. The molecule has 2 aromatic rings. The first-order chi connectivity index (χ1) is 13.5. The number of methoxy groups -OCH3 is 1. The van der Waals surface area contributed by atoms with Crippen molar-refractivity contribution < 1.29 is 19.0 Å². The summed E-state index contributed by atoms with van der Waals surface area (Å²) in [5.41, 5.74) is 9.56. The van der Waals surface area contributed by atoms with Crippen molar-refractivity contribution >= 4 is 23.2 Å². The van der Waals surface area contributed by atoms with E-state index in [0.717, 1.165) is 11.3 Å². The van der Waals surface area contributed by atoms with Crippen molar-refractivity contribution in [1.29, 1.82) is 0 Å². The van der Waals surface area contributed by atoms with Crippen LogP contribution in [0, 0.1) is 0 Å². The molecule has 0 bridgehead atoms. The number of nitrogen functional groups attached to an aromatic ring is 1. The number of benzene rings is 2. The first-order valence-corrected chi connectivity index (χ1v) is 9.25. The molecule has 0 amide bonds. The monoisotopic (exact) mass is 382 g/mol. The van der Waals surface area contributed by atoms with E-state index in [1.807, 2.05) is 50.2 Å². The predicted octanol–water partition coefficient (Wildman–Crippen LogP) is 3.79. The third-order valence-corrected chi connectivity index (χ3v) is 4.67. The van der Waals surface area contributed by atoms with E-state index in [1.165, 1.54) is 0 Å². The van der Waals surface area contributed by atoms with E-state index >= 15 is 0 Å². The maximum Gasteiger partial charge on any atom is 0.204 e. The number of rotatable bonds is 6. The second kappa shape index (κ2) is 8.25. The normalized spacial score (nSPS) is 13.2. The lowest BCUT2D eigenvalue weighted by atomic mass is 9.97. The van der Waals surface area contributed by atoms with Gasteiger partial charge in [-0.25, -0.2) is 0 Å². The number of carbonyl (C=O) groups excluding carboxylic acids is 1. The van der Waals surface area contributed by atoms with Gasteiger partial charge in [0, 0.05) is 30.8 Å². The van der Waals surface area contributed by atoms with Gasteiger partial charge >= 0.3 is 0 Å². The second-order valence-electron chi connectivity index (χ2n) is 6.73. The number of ether oxygens (including phenoxy) is 3. The van der Waals surface area contributed by atoms with Crippen LogP contribution in [-0.4, -0.2) is 40.2 Å². The van der Waals surface area contributed by atoms with Gasteiger partial charge in [-0.1, -0.05) is 6.92 Å². The van der Waals surface area contributed by atoms with E-state index in [9.17, 15) is 4.79 Å². The molecule has 1 aliphatic heterocycles. The summed E-state index contributed by atoms with van der Waals surface area (Å²) in [6.45, 7) is 2.92. The topological polar surface area (TPSA) is 74.0 Å². The lowest BCUT2D eigenvalue weighted by Crippen LogP contribution is -2.16. The van der Waals surface area contributed by atoms with Gasteiger partial charge in [0.15, 0.2) is 17.3 Å². The van der Waals surface area contributed by atoms with Gasteiger partial charge < -0.3 is 24.8 Å². The third kappa shape index (κ3) is 3.76. The maximum atomic E-state index is 13.1. The molecule has 2 N–H and O–H groups in total. The minimum Gasteiger partial charge on any atom is -0.492 e. The molecule has 148 valence electrons. The Balaban J connectivity index is 1.98. The third-order valence-electron chi connectivity index (χ3n) is 4.67. The highest BCUT2D eigenvalue weighted by Crippen LogP contribution is 2.42. The molecular formula is C22H26N2O4. The van der Waals surface area contributed by atoms with Crippen LogP contribution in [0.15, 0.2) is 35.9 Å². The average Bonchev–Trinajstić information content (AvgIpc) is 2.70. The van der Waals surface area contributed by atoms with Crippen LogP contribution in [0.4, 0.5) is 11.4 Å². The second-order valence-corrected chi connectivity index (χ2v) is 6.73. The molecule has 3 rings (SSSR count). The smallest absolute Gasteiger partial charge is 0.204 e. The number of hydrogen-bond acceptors (Lipinski definition) is 6. The molecule has 0 saturated carbocycles. The Hall–Kier alpha value is -3.15. The molecule has 0 saturated heterocycles. The summed E-state index contributed by atoms with van der Waals surface area (Å²) < 4.78 is 16.9. The molecule has 0 radical (unpaired) electrons. The van der Waals surface area contributed by atoms with E-state index in [0.29, 0.717) is 53.7 Å². The van der Waals surface area contributed by atoms with E-state index in [2.05, 4.69) is 0 Å². The number of ketones is 1. The Bertz CT molecular complexity index is 919. The Morgan fingerprint density at radius 3 is 2.61 bits per heavy atom. The van der Waals surface area contributed by atoms with E-state index in [-0.39, 0.29) is 5.78 Å². The molecule has 28 heavy (non-hydrogen) atoms. The van der Waals surface area contributed by atoms with Gasteiger partial charge in [0.25, 0.3) is 0 Å². The molecule has 2 aromatic carbocycles. The molecule has 0 spiro atoms. The summed E-state index contributed by atoms with van der Waals surface area (Å²) in [6.07, 6.45) is 2.42. The highest BCUT2D eigenvalue weighted by atomic mass is 16.6. The fourth-order valence-electron chi connectivity index (χ4n) is 3.23. The Labute approximate surface area is 165 Å². The molecule has 0 unspecified atom stereocenters. The van der Waals surface area contributed by atoms with Gasteiger partial charge in [-0.2, -0.15) is 0 Å². The van der Waals surface area contributed by atoms with Gasteiger partial charge in [0.1, 0.15) is 13.2 Å². The van der Waals surface area contributed by atoms with Gasteiger partial charge in [0.05, 0.1) is 18.5 Å². The van der Waals surface area contributed by atoms with Crippen LogP contribution in [0.2, 0.25) is 0 Å². The zero-order valence-corrected chi connectivity index (χ0v) is 16.7. The fourth-order valence-corrected chi connectivity index (χ4v) is 3.23. The van der Waals surface area contributed by atoms with Crippen molar-refractivity contribution in [3.05, 3.63) is 47.0 Å². The number of Topliss-reactive ketones (excluding diaryl/α,β-unsaturated/α-hetero) is 1. The SMILES string of the molecule is CC/C(=C\c1ccc2c(c1OC)OCCO2)C(=O)c1ccc(N(C)C)c(N)c1. The van der Waals surface area contributed by atoms with Crippen LogP contribution in [0.25, 0.3) is 6.08 Å². The highest BCUT2D eigenvalue weighted by molar-refractivity contribution is 6.12. The largest absolute Gasteiger partial charge is 0.492 e. The number of hydrogen-bond donors (Lipinski definition) is 1. The van der Waals surface area contributed by atoms with E-state index in [1.54, 1.807) is 19.2 Å². The number of fused-ring (bicyclic) bond motifs is 1. The molecular weight excluding hydrogens is 356 g/mol. The van der Waals surface area contributed by atoms with E-state index < -0.39 is 0 Å². The summed E-state index contributed by atoms with van der Waals surface area (Å²) in [5, 5.41) is 0. The molecule has 0 fully saturated rings. The first-order valence-electron chi connectivity index (χ1n) is 9.25. The molecule has 0 aromatic heterocycles. The van der Waals surface area contributed by atoms with Gasteiger partial charge in [0.2, 0.25) is 5.75 Å². The molecule has 1 heterocycles. The molecule has 1 aliphatic rings.